The van der Waals surface area contributed by atoms with E-state index in [0.29, 0.717) is 18.7 Å². The van der Waals surface area contributed by atoms with Gasteiger partial charge in [-0.15, -0.1) is 0 Å². The summed E-state index contributed by atoms with van der Waals surface area (Å²) in [7, 11) is -2.15. The molecular formula is C14H21N3O4S. The number of methoxy groups -OCH3 is 1. The normalized spacial score (nSPS) is 18.6. The fourth-order valence-corrected chi connectivity index (χ4v) is 3.37. The molecule has 0 aromatic heterocycles. The van der Waals surface area contributed by atoms with E-state index in [4.69, 9.17) is 10.5 Å². The third kappa shape index (κ3) is 4.04. The number of nitrogens with one attached hydrogen (secondary N) is 1. The van der Waals surface area contributed by atoms with Crippen molar-refractivity contribution in [1.82, 2.24) is 9.62 Å². The van der Waals surface area contributed by atoms with Crippen molar-refractivity contribution >= 4 is 15.9 Å². The van der Waals surface area contributed by atoms with Gasteiger partial charge < -0.3 is 15.4 Å². The maximum absolute atomic E-state index is 12.4. The number of nitrogens with zero attached hydrogens (tertiary/aromatic N) is 1. The third-order valence-corrected chi connectivity index (χ3v) is 4.96. The zero-order valence-electron chi connectivity index (χ0n) is 12.5. The minimum Gasteiger partial charge on any atom is -0.383 e. The van der Waals surface area contributed by atoms with E-state index in [9.17, 15) is 13.2 Å². The molecule has 1 aliphatic heterocycles. The smallest absolute Gasteiger partial charge is 0.253 e. The van der Waals surface area contributed by atoms with E-state index in [1.807, 2.05) is 0 Å². The van der Waals surface area contributed by atoms with Gasteiger partial charge in [-0.3, -0.25) is 4.79 Å². The number of ether oxygens (including phenoxy) is 1. The number of carbonyl (C=O) groups is 1. The quantitative estimate of drug-likeness (QED) is 0.704. The lowest BCUT2D eigenvalue weighted by molar-refractivity contribution is 0.0790. The standard InChI is InChI=1S/C14H21N3O4S/c1-21-8-6-16-22(19,20)13-4-2-3-11(9-13)14(18)17-7-5-12(15)10-17/h2-4,9,12,16H,5-8,10,15H2,1H3/t12-/m1/s1. The van der Waals surface area contributed by atoms with Gasteiger partial charge in [-0.2, -0.15) is 0 Å². The van der Waals surface area contributed by atoms with Gasteiger partial charge in [0.1, 0.15) is 0 Å². The van der Waals surface area contributed by atoms with Gasteiger partial charge in [-0.25, -0.2) is 13.1 Å². The fraction of sp³-hybridized carbons (Fsp3) is 0.500. The third-order valence-electron chi connectivity index (χ3n) is 3.50. The summed E-state index contributed by atoms with van der Waals surface area (Å²) in [6.07, 6.45) is 0.766. The van der Waals surface area contributed by atoms with Gasteiger partial charge in [0.25, 0.3) is 5.91 Å². The first kappa shape index (κ1) is 16.9. The fourth-order valence-electron chi connectivity index (χ4n) is 2.31. The minimum atomic E-state index is -3.65. The van der Waals surface area contributed by atoms with Crippen LogP contribution in [0.5, 0.6) is 0 Å². The molecule has 0 radical (unpaired) electrons. The molecule has 1 aromatic rings. The Morgan fingerprint density at radius 2 is 2.27 bits per heavy atom. The lowest BCUT2D eigenvalue weighted by Crippen LogP contribution is -2.32. The number of hydrogen-bond acceptors (Lipinski definition) is 5. The van der Waals surface area contributed by atoms with Crippen molar-refractivity contribution in [3.8, 4) is 0 Å². The van der Waals surface area contributed by atoms with E-state index in [-0.39, 0.29) is 30.0 Å². The second-order valence-corrected chi connectivity index (χ2v) is 6.99. The average Bonchev–Trinajstić information content (AvgIpc) is 2.93. The molecule has 1 saturated heterocycles. The van der Waals surface area contributed by atoms with Crippen molar-refractivity contribution in [1.29, 1.82) is 0 Å². The van der Waals surface area contributed by atoms with Crippen molar-refractivity contribution in [2.75, 3.05) is 33.4 Å². The highest BCUT2D eigenvalue weighted by atomic mass is 32.2. The molecule has 0 aliphatic carbocycles. The van der Waals surface area contributed by atoms with Crippen LogP contribution in [-0.2, 0) is 14.8 Å². The van der Waals surface area contributed by atoms with Crippen molar-refractivity contribution in [3.63, 3.8) is 0 Å². The Morgan fingerprint density at radius 1 is 1.50 bits per heavy atom. The predicted molar refractivity (Wildman–Crippen MR) is 82.0 cm³/mol. The second-order valence-electron chi connectivity index (χ2n) is 5.22. The van der Waals surface area contributed by atoms with E-state index >= 15 is 0 Å². The molecule has 0 bridgehead atoms. The number of sulfonamides is 1. The molecule has 22 heavy (non-hydrogen) atoms. The number of carbonyl (C=O) groups excluding carboxylic acids is 1. The van der Waals surface area contributed by atoms with Crippen LogP contribution in [0.2, 0.25) is 0 Å². The highest BCUT2D eigenvalue weighted by Crippen LogP contribution is 2.16. The molecule has 0 spiro atoms. The van der Waals surface area contributed by atoms with E-state index in [2.05, 4.69) is 4.72 Å². The van der Waals surface area contributed by atoms with Crippen LogP contribution >= 0.6 is 0 Å². The average molecular weight is 327 g/mol. The summed E-state index contributed by atoms with van der Waals surface area (Å²) < 4.78 is 31.5. The lowest BCUT2D eigenvalue weighted by Gasteiger charge is -2.16. The van der Waals surface area contributed by atoms with E-state index < -0.39 is 10.0 Å². The lowest BCUT2D eigenvalue weighted by atomic mass is 10.2. The largest absolute Gasteiger partial charge is 0.383 e. The predicted octanol–water partition coefficient (Wildman–Crippen LogP) is -0.215. The van der Waals surface area contributed by atoms with Crippen LogP contribution in [0.3, 0.4) is 0 Å². The maximum atomic E-state index is 12.4. The van der Waals surface area contributed by atoms with Gasteiger partial charge >= 0.3 is 0 Å². The highest BCUT2D eigenvalue weighted by Gasteiger charge is 2.25. The first-order chi connectivity index (χ1) is 10.4. The topological polar surface area (TPSA) is 102 Å². The Labute approximate surface area is 130 Å². The van der Waals surface area contributed by atoms with Gasteiger partial charge in [0.15, 0.2) is 0 Å². The second kappa shape index (κ2) is 7.19. The molecule has 1 amide bonds. The van der Waals surface area contributed by atoms with Crippen LogP contribution in [0.25, 0.3) is 0 Å². The summed E-state index contributed by atoms with van der Waals surface area (Å²) in [6, 6.07) is 6.02. The zero-order chi connectivity index (χ0) is 16.2. The molecule has 1 aromatic carbocycles. The number of likely N-dealkylation sites (tertiary alicyclic amines) is 1. The number of nitrogens with two attached hydrogens (primary N) is 1. The Balaban J connectivity index is 2.14. The molecule has 0 saturated carbocycles. The van der Waals surface area contributed by atoms with Gasteiger partial charge in [0.05, 0.1) is 11.5 Å². The van der Waals surface area contributed by atoms with Crippen molar-refractivity contribution < 1.29 is 17.9 Å². The molecule has 2 rings (SSSR count). The van der Waals surface area contributed by atoms with E-state index in [0.717, 1.165) is 6.42 Å². The highest BCUT2D eigenvalue weighted by molar-refractivity contribution is 7.89. The van der Waals surface area contributed by atoms with Crippen LogP contribution in [0.4, 0.5) is 0 Å². The maximum Gasteiger partial charge on any atom is 0.253 e. The van der Waals surface area contributed by atoms with Gasteiger partial charge in [-0.05, 0) is 24.6 Å². The molecule has 1 aliphatic rings. The van der Waals surface area contributed by atoms with Crippen molar-refractivity contribution in [2.45, 2.75) is 17.4 Å². The molecule has 1 atom stereocenters. The van der Waals surface area contributed by atoms with E-state index in [1.165, 1.54) is 19.2 Å². The minimum absolute atomic E-state index is 0.00780. The summed E-state index contributed by atoms with van der Waals surface area (Å²) in [4.78, 5) is 14.1. The first-order valence-electron chi connectivity index (χ1n) is 7.07. The van der Waals surface area contributed by atoms with Gasteiger partial charge in [-0.1, -0.05) is 6.07 Å². The van der Waals surface area contributed by atoms with Crippen LogP contribution in [0.1, 0.15) is 16.8 Å². The molecule has 1 heterocycles. The molecule has 1 fully saturated rings. The SMILES string of the molecule is COCCNS(=O)(=O)c1cccc(C(=O)N2CC[C@@H](N)C2)c1. The molecule has 3 N–H and O–H groups in total. The van der Waals surface area contributed by atoms with Crippen molar-refractivity contribution in [3.05, 3.63) is 29.8 Å². The molecule has 7 nitrogen and oxygen atoms in total. The van der Waals surface area contributed by atoms with Gasteiger partial charge in [0.2, 0.25) is 10.0 Å². The molecule has 0 unspecified atom stereocenters. The summed E-state index contributed by atoms with van der Waals surface area (Å²) in [5.41, 5.74) is 6.15. The van der Waals surface area contributed by atoms with Crippen LogP contribution in [-0.4, -0.2) is 58.6 Å². The number of amides is 1. The summed E-state index contributed by atoms with van der Waals surface area (Å²) in [5.74, 6) is -0.193. The van der Waals surface area contributed by atoms with Gasteiger partial charge in [0, 0.05) is 38.3 Å². The Hall–Kier alpha value is -1.48. The molecule has 8 heteroatoms. The Bertz CT molecular complexity index is 633. The van der Waals surface area contributed by atoms with Crippen LogP contribution in [0, 0.1) is 0 Å². The Morgan fingerprint density at radius 3 is 2.91 bits per heavy atom. The summed E-state index contributed by atoms with van der Waals surface area (Å²) >= 11 is 0. The molecular weight excluding hydrogens is 306 g/mol. The number of benzene rings is 1. The summed E-state index contributed by atoms with van der Waals surface area (Å²) in [6.45, 7) is 1.56. The summed E-state index contributed by atoms with van der Waals surface area (Å²) in [5, 5.41) is 0. The zero-order valence-corrected chi connectivity index (χ0v) is 13.3. The number of hydrogen-bond donors (Lipinski definition) is 2. The monoisotopic (exact) mass is 327 g/mol. The Kier molecular flexibility index (Phi) is 5.52. The van der Waals surface area contributed by atoms with Crippen LogP contribution in [0.15, 0.2) is 29.2 Å². The van der Waals surface area contributed by atoms with Crippen molar-refractivity contribution in [2.24, 2.45) is 5.73 Å². The molecule has 122 valence electrons. The van der Waals surface area contributed by atoms with E-state index in [1.54, 1.807) is 17.0 Å². The van der Waals surface area contributed by atoms with Crippen LogP contribution < -0.4 is 10.5 Å². The number of rotatable bonds is 6. The first-order valence-corrected chi connectivity index (χ1v) is 8.56.